The van der Waals surface area contributed by atoms with Crippen LogP contribution in [0, 0.1) is 20.8 Å². The zero-order valence-electron chi connectivity index (χ0n) is 18.6. The molecule has 0 spiro atoms. The highest BCUT2D eigenvalue weighted by Gasteiger charge is 2.22. The summed E-state index contributed by atoms with van der Waals surface area (Å²) in [6, 6.07) is 14.3. The molecule has 174 valence electrons. The molecule has 10 heteroatoms. The summed E-state index contributed by atoms with van der Waals surface area (Å²) in [6.07, 6.45) is 2.56. The molecule has 0 aliphatic carbocycles. The molecule has 0 radical (unpaired) electrons. The number of carbonyl (C=O) groups is 1. The van der Waals surface area contributed by atoms with Gasteiger partial charge in [-0.05, 0) is 62.7 Å². The van der Waals surface area contributed by atoms with E-state index in [-0.39, 0.29) is 0 Å². The number of hydrogen-bond acceptors (Lipinski definition) is 4. The highest BCUT2D eigenvalue weighted by atomic mass is 35.5. The lowest BCUT2D eigenvalue weighted by molar-refractivity contribution is -0.119. The third-order valence-electron chi connectivity index (χ3n) is 5.06. The number of halogens is 2. The molecule has 1 aromatic heterocycles. The Morgan fingerprint density at radius 3 is 2.45 bits per heavy atom. The molecule has 7 nitrogen and oxygen atoms in total. The number of aromatic nitrogens is 1. The number of benzene rings is 2. The molecule has 1 heterocycles. The molecular weight excluding hydrogens is 483 g/mol. The van der Waals surface area contributed by atoms with Crippen LogP contribution in [0.1, 0.15) is 22.5 Å². The van der Waals surface area contributed by atoms with Crippen molar-refractivity contribution < 1.29 is 13.2 Å². The number of sulfonamides is 1. The average molecular weight is 507 g/mol. The van der Waals surface area contributed by atoms with E-state index in [1.165, 1.54) is 12.3 Å². The fourth-order valence-electron chi connectivity index (χ4n) is 3.50. The van der Waals surface area contributed by atoms with Crippen molar-refractivity contribution in [2.75, 3.05) is 17.1 Å². The van der Waals surface area contributed by atoms with Gasteiger partial charge in [0.05, 0.1) is 18.2 Å². The largest absolute Gasteiger partial charge is 0.318 e. The molecule has 0 unspecified atom stereocenters. The lowest BCUT2D eigenvalue weighted by atomic mass is 10.2. The van der Waals surface area contributed by atoms with Crippen LogP contribution in [0.3, 0.4) is 0 Å². The molecule has 3 rings (SSSR count). The quantitative estimate of drug-likeness (QED) is 0.374. The summed E-state index contributed by atoms with van der Waals surface area (Å²) in [5.74, 6) is -0.584. The minimum atomic E-state index is -3.72. The third-order valence-corrected chi connectivity index (χ3v) is 6.65. The lowest BCUT2D eigenvalue weighted by Gasteiger charge is -2.23. The topological polar surface area (TPSA) is 83.8 Å². The van der Waals surface area contributed by atoms with E-state index in [4.69, 9.17) is 23.2 Å². The molecule has 0 bridgehead atoms. The maximum Gasteiger partial charge on any atom is 0.260 e. The Morgan fingerprint density at radius 1 is 1.09 bits per heavy atom. The number of nitrogens with zero attached hydrogens (tertiary/aromatic N) is 3. The van der Waals surface area contributed by atoms with E-state index in [0.29, 0.717) is 21.3 Å². The minimum absolute atomic E-state index is 0.342. The van der Waals surface area contributed by atoms with Gasteiger partial charge < -0.3 is 4.57 Å². The van der Waals surface area contributed by atoms with Gasteiger partial charge in [-0.15, -0.1) is 0 Å². The number of amides is 1. The van der Waals surface area contributed by atoms with Crippen molar-refractivity contribution in [1.82, 2.24) is 9.99 Å². The summed E-state index contributed by atoms with van der Waals surface area (Å²) in [5.41, 5.74) is 7.03. The minimum Gasteiger partial charge on any atom is -0.318 e. The molecule has 0 saturated heterocycles. The Labute approximate surface area is 203 Å². The SMILES string of the molecule is Cc1ccc(Cl)cc1N(CC(=O)N/N=C\c1cc(C)n(-c2cccc(Cl)c2)c1C)S(C)(=O)=O. The summed E-state index contributed by atoms with van der Waals surface area (Å²) in [6.45, 7) is 5.21. The summed E-state index contributed by atoms with van der Waals surface area (Å²) in [5, 5.41) is 5.03. The smallest absolute Gasteiger partial charge is 0.260 e. The Kier molecular flexibility index (Phi) is 7.51. The standard InChI is InChI=1S/C23H24Cl2N4O3S/c1-15-8-9-20(25)12-22(15)28(33(4,31)32)14-23(30)27-26-13-18-10-16(2)29(17(18)3)21-7-5-6-19(24)11-21/h5-13H,14H2,1-4H3,(H,27,30)/b26-13-. The molecule has 0 atom stereocenters. The van der Waals surface area contributed by atoms with Crippen LogP contribution in [0.15, 0.2) is 53.6 Å². The van der Waals surface area contributed by atoms with Crippen molar-refractivity contribution in [3.05, 3.63) is 81.1 Å². The Hall–Kier alpha value is -2.81. The molecule has 1 amide bonds. The van der Waals surface area contributed by atoms with Crippen LogP contribution in [-0.2, 0) is 14.8 Å². The number of carbonyl (C=O) groups excluding carboxylic acids is 1. The summed E-state index contributed by atoms with van der Waals surface area (Å²) in [4.78, 5) is 12.5. The first kappa shape index (κ1) is 24.8. The Balaban J connectivity index is 1.77. The van der Waals surface area contributed by atoms with Crippen LogP contribution in [0.4, 0.5) is 5.69 Å². The molecular formula is C23H24Cl2N4O3S. The van der Waals surface area contributed by atoms with Crippen LogP contribution >= 0.6 is 23.2 Å². The average Bonchev–Trinajstić information content (AvgIpc) is 3.00. The first-order valence-electron chi connectivity index (χ1n) is 9.98. The normalized spacial score (nSPS) is 11.7. The van der Waals surface area contributed by atoms with E-state index >= 15 is 0 Å². The predicted molar refractivity (Wildman–Crippen MR) is 134 cm³/mol. The van der Waals surface area contributed by atoms with Crippen molar-refractivity contribution in [2.45, 2.75) is 20.8 Å². The van der Waals surface area contributed by atoms with Gasteiger partial charge in [0.1, 0.15) is 6.54 Å². The zero-order valence-corrected chi connectivity index (χ0v) is 21.0. The number of aryl methyl sites for hydroxylation is 2. The van der Waals surface area contributed by atoms with Gasteiger partial charge in [-0.3, -0.25) is 9.10 Å². The zero-order chi connectivity index (χ0) is 24.3. The molecule has 33 heavy (non-hydrogen) atoms. The summed E-state index contributed by atoms with van der Waals surface area (Å²) in [7, 11) is -3.72. The van der Waals surface area contributed by atoms with Crippen molar-refractivity contribution in [1.29, 1.82) is 0 Å². The van der Waals surface area contributed by atoms with Crippen LogP contribution in [0.25, 0.3) is 5.69 Å². The molecule has 0 aliphatic heterocycles. The molecule has 2 aromatic carbocycles. The van der Waals surface area contributed by atoms with E-state index < -0.39 is 22.5 Å². The van der Waals surface area contributed by atoms with Gasteiger partial charge in [0, 0.05) is 32.7 Å². The fraction of sp³-hybridized carbons (Fsp3) is 0.217. The van der Waals surface area contributed by atoms with Gasteiger partial charge in [0.2, 0.25) is 10.0 Å². The number of nitrogens with one attached hydrogen (secondary N) is 1. The molecule has 0 aliphatic rings. The first-order valence-corrected chi connectivity index (χ1v) is 12.6. The summed E-state index contributed by atoms with van der Waals surface area (Å²) >= 11 is 12.1. The second kappa shape index (κ2) is 9.99. The van der Waals surface area contributed by atoms with Crippen molar-refractivity contribution in [2.24, 2.45) is 5.10 Å². The molecule has 1 N–H and O–H groups in total. The number of hydrazone groups is 1. The fourth-order valence-corrected chi connectivity index (χ4v) is 4.76. The van der Waals surface area contributed by atoms with Crippen LogP contribution in [0.5, 0.6) is 0 Å². The highest BCUT2D eigenvalue weighted by Crippen LogP contribution is 2.26. The molecule has 3 aromatic rings. The van der Waals surface area contributed by atoms with Crippen LogP contribution in [-0.4, -0.2) is 37.9 Å². The van der Waals surface area contributed by atoms with E-state index in [1.807, 2.05) is 48.7 Å². The van der Waals surface area contributed by atoms with Gasteiger partial charge in [0.15, 0.2) is 0 Å². The monoisotopic (exact) mass is 506 g/mol. The van der Waals surface area contributed by atoms with Gasteiger partial charge >= 0.3 is 0 Å². The van der Waals surface area contributed by atoms with E-state index in [2.05, 4.69) is 10.5 Å². The maximum absolute atomic E-state index is 12.5. The summed E-state index contributed by atoms with van der Waals surface area (Å²) < 4.78 is 27.7. The van der Waals surface area contributed by atoms with Crippen LogP contribution in [0.2, 0.25) is 10.0 Å². The second-order valence-corrected chi connectivity index (χ2v) is 10.4. The van der Waals surface area contributed by atoms with Crippen molar-refractivity contribution >= 4 is 51.0 Å². The van der Waals surface area contributed by atoms with Crippen molar-refractivity contribution in [3.63, 3.8) is 0 Å². The lowest BCUT2D eigenvalue weighted by Crippen LogP contribution is -2.39. The van der Waals surface area contributed by atoms with Gasteiger partial charge in [0.25, 0.3) is 5.91 Å². The third kappa shape index (κ3) is 5.96. The number of anilines is 1. The van der Waals surface area contributed by atoms with Gasteiger partial charge in [-0.25, -0.2) is 13.8 Å². The Morgan fingerprint density at radius 2 is 1.79 bits per heavy atom. The van der Waals surface area contributed by atoms with E-state index in [9.17, 15) is 13.2 Å². The maximum atomic E-state index is 12.5. The number of hydrogen-bond donors (Lipinski definition) is 1. The molecule has 0 saturated carbocycles. The van der Waals surface area contributed by atoms with Crippen LogP contribution < -0.4 is 9.73 Å². The highest BCUT2D eigenvalue weighted by molar-refractivity contribution is 7.92. The second-order valence-electron chi connectivity index (χ2n) is 7.64. The van der Waals surface area contributed by atoms with E-state index in [0.717, 1.165) is 33.2 Å². The number of rotatable bonds is 7. The first-order chi connectivity index (χ1) is 15.5. The predicted octanol–water partition coefficient (Wildman–Crippen LogP) is 4.63. The Bertz CT molecular complexity index is 1330. The molecule has 0 fully saturated rings. The van der Waals surface area contributed by atoms with Crippen molar-refractivity contribution in [3.8, 4) is 5.69 Å². The van der Waals surface area contributed by atoms with Gasteiger partial charge in [-0.1, -0.05) is 35.3 Å². The van der Waals surface area contributed by atoms with Gasteiger partial charge in [-0.2, -0.15) is 5.10 Å². The van der Waals surface area contributed by atoms with E-state index in [1.54, 1.807) is 19.1 Å².